The van der Waals surface area contributed by atoms with E-state index >= 15 is 0 Å². The summed E-state index contributed by atoms with van der Waals surface area (Å²) >= 11 is 1.75. The summed E-state index contributed by atoms with van der Waals surface area (Å²) in [6.07, 6.45) is 6.06. The van der Waals surface area contributed by atoms with E-state index in [1.54, 1.807) is 11.3 Å². The van der Waals surface area contributed by atoms with Crippen LogP contribution in [-0.2, 0) is 0 Å². The van der Waals surface area contributed by atoms with E-state index in [2.05, 4.69) is 22.6 Å². The Kier molecular flexibility index (Phi) is 3.68. The van der Waals surface area contributed by atoms with E-state index in [0.29, 0.717) is 17.9 Å². The Morgan fingerprint density at radius 1 is 1.50 bits per heavy atom. The van der Waals surface area contributed by atoms with Gasteiger partial charge in [-0.2, -0.15) is 0 Å². The highest BCUT2D eigenvalue weighted by molar-refractivity contribution is 7.09. The molecule has 0 spiro atoms. The molecule has 2 fully saturated rings. The Labute approximate surface area is 113 Å². The standard InChI is InChI=1S/C14H23N3S/c1-9(14-17-4-5-18-14)7-16-8-12-10-2-3-11(6-10)13(12)15/h4-5,9-13,16H,2-3,6-8,15H2,1H3. The molecule has 1 aromatic heterocycles. The summed E-state index contributed by atoms with van der Waals surface area (Å²) in [4.78, 5) is 4.37. The van der Waals surface area contributed by atoms with Crippen molar-refractivity contribution in [3.05, 3.63) is 16.6 Å². The Morgan fingerprint density at radius 3 is 3.00 bits per heavy atom. The maximum absolute atomic E-state index is 6.33. The highest BCUT2D eigenvalue weighted by atomic mass is 32.1. The first-order chi connectivity index (χ1) is 8.75. The highest BCUT2D eigenvalue weighted by Gasteiger charge is 2.45. The maximum atomic E-state index is 6.33. The molecule has 2 saturated carbocycles. The summed E-state index contributed by atoms with van der Waals surface area (Å²) in [5.74, 6) is 2.94. The summed E-state index contributed by atoms with van der Waals surface area (Å²) in [5, 5.41) is 6.91. The number of aromatic nitrogens is 1. The van der Waals surface area contributed by atoms with Gasteiger partial charge in [-0.3, -0.25) is 0 Å². The number of nitrogens with two attached hydrogens (primary N) is 1. The molecule has 3 nitrogen and oxygen atoms in total. The van der Waals surface area contributed by atoms with Crippen LogP contribution in [0.25, 0.3) is 0 Å². The van der Waals surface area contributed by atoms with Crippen LogP contribution in [0.3, 0.4) is 0 Å². The number of hydrogen-bond acceptors (Lipinski definition) is 4. The van der Waals surface area contributed by atoms with Crippen LogP contribution in [0.2, 0.25) is 0 Å². The molecule has 1 heterocycles. The summed E-state index contributed by atoms with van der Waals surface area (Å²) in [7, 11) is 0. The highest BCUT2D eigenvalue weighted by Crippen LogP contribution is 2.47. The molecule has 5 atom stereocenters. The predicted molar refractivity (Wildman–Crippen MR) is 75.7 cm³/mol. The second kappa shape index (κ2) is 5.27. The molecule has 0 aliphatic heterocycles. The number of nitrogens with zero attached hydrogens (tertiary/aromatic N) is 1. The molecule has 3 rings (SSSR count). The smallest absolute Gasteiger partial charge is 0.0965 e. The van der Waals surface area contributed by atoms with E-state index in [4.69, 9.17) is 5.73 Å². The Balaban J connectivity index is 1.45. The average Bonchev–Trinajstić information content (AvgIpc) is 3.06. The van der Waals surface area contributed by atoms with Crippen LogP contribution < -0.4 is 11.1 Å². The van der Waals surface area contributed by atoms with Crippen LogP contribution in [0.4, 0.5) is 0 Å². The third kappa shape index (κ3) is 2.33. The first-order valence-corrected chi connectivity index (χ1v) is 7.99. The van der Waals surface area contributed by atoms with Crippen LogP contribution in [0, 0.1) is 17.8 Å². The molecule has 1 aromatic rings. The largest absolute Gasteiger partial charge is 0.327 e. The number of hydrogen-bond donors (Lipinski definition) is 2. The van der Waals surface area contributed by atoms with Gasteiger partial charge in [-0.15, -0.1) is 11.3 Å². The van der Waals surface area contributed by atoms with Crippen molar-refractivity contribution >= 4 is 11.3 Å². The lowest BCUT2D eigenvalue weighted by atomic mass is 9.85. The van der Waals surface area contributed by atoms with Crippen molar-refractivity contribution < 1.29 is 0 Å². The van der Waals surface area contributed by atoms with Crippen LogP contribution >= 0.6 is 11.3 Å². The van der Waals surface area contributed by atoms with Gasteiger partial charge in [0.2, 0.25) is 0 Å². The molecule has 5 unspecified atom stereocenters. The Morgan fingerprint density at radius 2 is 2.33 bits per heavy atom. The van der Waals surface area contributed by atoms with Gasteiger partial charge in [0.05, 0.1) is 5.01 Å². The van der Waals surface area contributed by atoms with Crippen molar-refractivity contribution in [1.29, 1.82) is 0 Å². The van der Waals surface area contributed by atoms with Gasteiger partial charge in [-0.1, -0.05) is 6.92 Å². The zero-order valence-electron chi connectivity index (χ0n) is 11.0. The first kappa shape index (κ1) is 12.6. The molecule has 0 aromatic carbocycles. The van der Waals surface area contributed by atoms with E-state index in [0.717, 1.165) is 24.9 Å². The second-order valence-corrected chi connectivity index (χ2v) is 6.93. The lowest BCUT2D eigenvalue weighted by Gasteiger charge is -2.28. The molecule has 2 aliphatic rings. The van der Waals surface area contributed by atoms with E-state index < -0.39 is 0 Å². The normalized spacial score (nSPS) is 36.1. The second-order valence-electron chi connectivity index (χ2n) is 6.00. The van der Waals surface area contributed by atoms with Gasteiger partial charge >= 0.3 is 0 Å². The van der Waals surface area contributed by atoms with Crippen molar-refractivity contribution in [2.75, 3.05) is 13.1 Å². The van der Waals surface area contributed by atoms with E-state index in [9.17, 15) is 0 Å². The molecule has 0 saturated heterocycles. The minimum absolute atomic E-state index is 0.450. The van der Waals surface area contributed by atoms with E-state index in [-0.39, 0.29) is 0 Å². The minimum atomic E-state index is 0.450. The molecule has 0 radical (unpaired) electrons. The van der Waals surface area contributed by atoms with Gasteiger partial charge in [0.25, 0.3) is 0 Å². The lowest BCUT2D eigenvalue weighted by Crippen LogP contribution is -2.41. The summed E-state index contributed by atoms with van der Waals surface area (Å²) in [5.41, 5.74) is 6.33. The molecular formula is C14H23N3S. The SMILES string of the molecule is CC(CNCC1C2CCC(C2)C1N)c1nccs1. The molecule has 2 aliphatic carbocycles. The monoisotopic (exact) mass is 265 g/mol. The zero-order valence-corrected chi connectivity index (χ0v) is 11.8. The maximum Gasteiger partial charge on any atom is 0.0965 e. The molecule has 3 N–H and O–H groups in total. The van der Waals surface area contributed by atoms with Crippen LogP contribution in [0.5, 0.6) is 0 Å². The molecule has 2 bridgehead atoms. The van der Waals surface area contributed by atoms with E-state index in [1.807, 2.05) is 6.20 Å². The molecule has 18 heavy (non-hydrogen) atoms. The fourth-order valence-electron chi connectivity index (χ4n) is 3.79. The van der Waals surface area contributed by atoms with Crippen LogP contribution in [-0.4, -0.2) is 24.1 Å². The van der Waals surface area contributed by atoms with Crippen molar-refractivity contribution in [2.45, 2.75) is 38.1 Å². The van der Waals surface area contributed by atoms with Crippen molar-refractivity contribution in [2.24, 2.45) is 23.5 Å². The van der Waals surface area contributed by atoms with Gasteiger partial charge in [0.1, 0.15) is 0 Å². The third-order valence-electron chi connectivity index (χ3n) is 4.86. The average molecular weight is 265 g/mol. The fraction of sp³-hybridized carbons (Fsp3) is 0.786. The van der Waals surface area contributed by atoms with Gasteiger partial charge in [0, 0.05) is 30.1 Å². The predicted octanol–water partition coefficient (Wildman–Crippen LogP) is 2.21. The summed E-state index contributed by atoms with van der Waals surface area (Å²) < 4.78 is 0. The molecule has 0 amide bonds. The topological polar surface area (TPSA) is 50.9 Å². The van der Waals surface area contributed by atoms with Gasteiger partial charge in [-0.05, 0) is 43.6 Å². The Bertz CT molecular complexity index is 376. The third-order valence-corrected chi connectivity index (χ3v) is 5.87. The number of fused-ring (bicyclic) bond motifs is 2. The van der Waals surface area contributed by atoms with Gasteiger partial charge in [0.15, 0.2) is 0 Å². The number of thiazole rings is 1. The molecule has 4 heteroatoms. The lowest BCUT2D eigenvalue weighted by molar-refractivity contribution is 0.277. The molecule has 100 valence electrons. The van der Waals surface area contributed by atoms with Crippen LogP contribution in [0.15, 0.2) is 11.6 Å². The quantitative estimate of drug-likeness (QED) is 0.858. The summed E-state index contributed by atoms with van der Waals surface area (Å²) in [6.45, 7) is 4.36. The number of rotatable bonds is 5. The van der Waals surface area contributed by atoms with Gasteiger partial charge in [-0.25, -0.2) is 4.98 Å². The first-order valence-electron chi connectivity index (χ1n) is 7.11. The zero-order chi connectivity index (χ0) is 12.5. The van der Waals surface area contributed by atoms with Crippen molar-refractivity contribution in [1.82, 2.24) is 10.3 Å². The minimum Gasteiger partial charge on any atom is -0.327 e. The van der Waals surface area contributed by atoms with Crippen LogP contribution in [0.1, 0.15) is 37.1 Å². The number of nitrogens with one attached hydrogen (secondary N) is 1. The Hall–Kier alpha value is -0.450. The van der Waals surface area contributed by atoms with Crippen molar-refractivity contribution in [3.8, 4) is 0 Å². The summed E-state index contributed by atoms with van der Waals surface area (Å²) in [6, 6.07) is 0.450. The fourth-order valence-corrected chi connectivity index (χ4v) is 4.49. The van der Waals surface area contributed by atoms with E-state index in [1.165, 1.54) is 24.3 Å². The van der Waals surface area contributed by atoms with Gasteiger partial charge < -0.3 is 11.1 Å². The van der Waals surface area contributed by atoms with Crippen molar-refractivity contribution in [3.63, 3.8) is 0 Å². The molecular weight excluding hydrogens is 242 g/mol.